The highest BCUT2D eigenvalue weighted by Gasteiger charge is 2.90. The fourth-order valence-corrected chi connectivity index (χ4v) is 9.68. The summed E-state index contributed by atoms with van der Waals surface area (Å²) in [6, 6.07) is -0.569. The molecule has 1 aliphatic heterocycles. The molecule has 0 radical (unpaired) electrons. The third-order valence-electron chi connectivity index (χ3n) is 10.3. The lowest BCUT2D eigenvalue weighted by atomic mass is 9.44. The molecule has 1 spiro atoms. The lowest BCUT2D eigenvalue weighted by Crippen LogP contribution is -2.81. The largest absolute Gasteiger partial charge is 0.392 e. The van der Waals surface area contributed by atoms with Gasteiger partial charge < -0.3 is 30.3 Å². The first kappa shape index (κ1) is 19.2. The van der Waals surface area contributed by atoms with Crippen molar-refractivity contribution in [3.63, 3.8) is 0 Å². The topological polar surface area (TPSA) is 114 Å². The number of hydrogen-bond acceptors (Lipinski definition) is 7. The Morgan fingerprint density at radius 1 is 1.21 bits per heavy atom. The lowest BCUT2D eigenvalue weighted by molar-refractivity contribution is -0.308. The van der Waals surface area contributed by atoms with Crippen LogP contribution < -0.4 is 0 Å². The Hall–Kier alpha value is -0.540. The quantitative estimate of drug-likeness (QED) is 0.378. The van der Waals surface area contributed by atoms with Crippen LogP contribution >= 0.6 is 0 Å². The zero-order chi connectivity index (χ0) is 20.7. The minimum absolute atomic E-state index is 0.134. The molecule has 6 aliphatic rings. The second kappa shape index (κ2) is 5.26. The minimum Gasteiger partial charge on any atom is -0.392 e. The van der Waals surface area contributed by atoms with Gasteiger partial charge in [-0.1, -0.05) is 26.0 Å². The van der Waals surface area contributed by atoms with Gasteiger partial charge in [-0.15, -0.1) is 0 Å². The SMILES string of the molecule is CCN1C[C@]2(C)C=CC(O)[C@@]34[C@@H]5C[C@H]6[C@H](O)[C@@H]5[C@](O)(C[C@@H]6OC)[C@@](O)(C(O)[C@@H]32)[C@@H]14. The Balaban J connectivity index is 1.68. The molecule has 0 amide bonds. The molecule has 162 valence electrons. The highest BCUT2D eigenvalue weighted by atomic mass is 16.5. The highest BCUT2D eigenvalue weighted by molar-refractivity contribution is 5.43. The van der Waals surface area contributed by atoms with Crippen molar-refractivity contribution in [2.45, 2.75) is 68.3 Å². The maximum Gasteiger partial charge on any atom is 0.136 e. The summed E-state index contributed by atoms with van der Waals surface area (Å²) < 4.78 is 5.66. The fourth-order valence-electron chi connectivity index (χ4n) is 9.68. The van der Waals surface area contributed by atoms with Crippen molar-refractivity contribution >= 4 is 0 Å². The molecule has 1 heterocycles. The molecular formula is C22H33NO6. The molecule has 5 N–H and O–H groups in total. The number of hydrogen-bond donors (Lipinski definition) is 5. The van der Waals surface area contributed by atoms with E-state index in [9.17, 15) is 25.5 Å². The average Bonchev–Trinajstić information content (AvgIpc) is 3.04. The Morgan fingerprint density at radius 3 is 2.59 bits per heavy atom. The van der Waals surface area contributed by atoms with Crippen LogP contribution in [0.5, 0.6) is 0 Å². The fraction of sp³-hybridized carbons (Fsp3) is 0.909. The van der Waals surface area contributed by atoms with Gasteiger partial charge in [0.25, 0.3) is 0 Å². The number of fused-ring (bicyclic) bond motifs is 2. The van der Waals surface area contributed by atoms with Gasteiger partial charge in [-0.05, 0) is 18.9 Å². The molecule has 29 heavy (non-hydrogen) atoms. The van der Waals surface area contributed by atoms with Crippen LogP contribution in [0, 0.1) is 34.5 Å². The Morgan fingerprint density at radius 2 is 1.93 bits per heavy atom. The molecule has 7 heteroatoms. The van der Waals surface area contributed by atoms with Crippen molar-refractivity contribution in [2.24, 2.45) is 34.5 Å². The summed E-state index contributed by atoms with van der Waals surface area (Å²) in [5, 5.41) is 58.9. The van der Waals surface area contributed by atoms with E-state index in [2.05, 4.69) is 11.8 Å². The van der Waals surface area contributed by atoms with E-state index >= 15 is 0 Å². The van der Waals surface area contributed by atoms with Crippen LogP contribution in [-0.4, -0.2) is 92.3 Å². The van der Waals surface area contributed by atoms with E-state index < -0.39 is 52.3 Å². The van der Waals surface area contributed by atoms with Crippen LogP contribution in [0.15, 0.2) is 12.2 Å². The predicted octanol–water partition coefficient (Wildman–Crippen LogP) is -0.888. The van der Waals surface area contributed by atoms with Crippen molar-refractivity contribution in [3.8, 4) is 0 Å². The van der Waals surface area contributed by atoms with Crippen molar-refractivity contribution in [3.05, 3.63) is 12.2 Å². The smallest absolute Gasteiger partial charge is 0.136 e. The standard InChI is InChI=1S/C22H33NO6/c1-4-23-9-19(2)6-5-13(24)21-11-7-10-12(29-3)8-20(27,14(11)15(10)25)22(28,18(21)23)17(26)16(19)21/h5-6,10-18,24-28H,4,7-9H2,1-3H3/t10-,11-,12+,13?,14-,15+,16-,17?,18+,19+,20-,21+,22-/m1/s1. The van der Waals surface area contributed by atoms with Crippen LogP contribution in [-0.2, 0) is 4.74 Å². The number of nitrogens with zero attached hydrogens (tertiary/aromatic N) is 1. The zero-order valence-electron chi connectivity index (χ0n) is 17.3. The zero-order valence-corrected chi connectivity index (χ0v) is 17.3. The van der Waals surface area contributed by atoms with Crippen LogP contribution in [0.2, 0.25) is 0 Å². The van der Waals surface area contributed by atoms with Gasteiger partial charge in [-0.25, -0.2) is 0 Å². The number of aliphatic hydroxyl groups is 5. The Labute approximate surface area is 171 Å². The molecule has 0 aromatic carbocycles. The molecule has 0 aromatic rings. The number of methoxy groups -OCH3 is 1. The Kier molecular flexibility index (Phi) is 3.48. The number of likely N-dealkylation sites (N-methyl/N-ethyl adjacent to an activating group) is 1. The van der Waals surface area contributed by atoms with Crippen LogP contribution in [0.3, 0.4) is 0 Å². The van der Waals surface area contributed by atoms with Crippen LogP contribution in [0.1, 0.15) is 26.7 Å². The first-order valence-corrected chi connectivity index (χ1v) is 11.1. The molecule has 5 aliphatic carbocycles. The number of likely N-dealkylation sites (tertiary alicyclic amines) is 1. The molecule has 6 rings (SSSR count). The van der Waals surface area contributed by atoms with Gasteiger partial charge in [0.2, 0.25) is 0 Å². The summed E-state index contributed by atoms with van der Waals surface area (Å²) in [5.74, 6) is -1.29. The van der Waals surface area contributed by atoms with Crippen molar-refractivity contribution in [1.29, 1.82) is 0 Å². The second-order valence-electron chi connectivity index (χ2n) is 10.9. The maximum absolute atomic E-state index is 12.3. The molecule has 13 atom stereocenters. The predicted molar refractivity (Wildman–Crippen MR) is 103 cm³/mol. The minimum atomic E-state index is -1.84. The van der Waals surface area contributed by atoms with Gasteiger partial charge in [0.1, 0.15) is 11.2 Å². The van der Waals surface area contributed by atoms with Gasteiger partial charge in [0, 0.05) is 48.7 Å². The van der Waals surface area contributed by atoms with E-state index in [1.807, 2.05) is 19.1 Å². The van der Waals surface area contributed by atoms with Gasteiger partial charge in [-0.2, -0.15) is 0 Å². The summed E-state index contributed by atoms with van der Waals surface area (Å²) in [6.07, 6.45) is 1.41. The monoisotopic (exact) mass is 407 g/mol. The van der Waals surface area contributed by atoms with E-state index in [4.69, 9.17) is 4.74 Å². The second-order valence-corrected chi connectivity index (χ2v) is 10.9. The highest BCUT2D eigenvalue weighted by Crippen LogP contribution is 2.78. The molecule has 1 saturated heterocycles. The molecule has 7 nitrogen and oxygen atoms in total. The molecule has 7 bridgehead atoms. The first-order valence-electron chi connectivity index (χ1n) is 11.1. The molecule has 0 aromatic heterocycles. The van der Waals surface area contributed by atoms with Gasteiger partial charge in [-0.3, -0.25) is 4.90 Å². The summed E-state index contributed by atoms with van der Waals surface area (Å²) in [5.41, 5.74) is -4.74. The number of rotatable bonds is 2. The van der Waals surface area contributed by atoms with Crippen molar-refractivity contribution in [2.75, 3.05) is 20.2 Å². The van der Waals surface area contributed by atoms with Gasteiger partial charge >= 0.3 is 0 Å². The van der Waals surface area contributed by atoms with Gasteiger partial charge in [0.15, 0.2) is 0 Å². The lowest BCUT2D eigenvalue weighted by Gasteiger charge is -2.68. The number of aliphatic hydroxyl groups excluding tert-OH is 3. The molecule has 2 unspecified atom stereocenters. The summed E-state index contributed by atoms with van der Waals surface area (Å²) in [6.45, 7) is 5.43. The third-order valence-corrected chi connectivity index (χ3v) is 10.3. The van der Waals surface area contributed by atoms with E-state index in [-0.39, 0.29) is 30.3 Å². The van der Waals surface area contributed by atoms with Crippen LogP contribution in [0.4, 0.5) is 0 Å². The molecule has 5 fully saturated rings. The van der Waals surface area contributed by atoms with E-state index in [1.54, 1.807) is 7.11 Å². The Bertz CT molecular complexity index is 791. The van der Waals surface area contributed by atoms with Crippen molar-refractivity contribution in [1.82, 2.24) is 4.90 Å². The van der Waals surface area contributed by atoms with E-state index in [0.717, 1.165) is 0 Å². The number of piperidine rings is 1. The summed E-state index contributed by atoms with van der Waals surface area (Å²) in [4.78, 5) is 2.16. The maximum atomic E-state index is 12.3. The number of ether oxygens (including phenoxy) is 1. The van der Waals surface area contributed by atoms with Crippen molar-refractivity contribution < 1.29 is 30.3 Å². The van der Waals surface area contributed by atoms with E-state index in [1.165, 1.54) is 0 Å². The van der Waals surface area contributed by atoms with Crippen LogP contribution in [0.25, 0.3) is 0 Å². The van der Waals surface area contributed by atoms with E-state index in [0.29, 0.717) is 19.5 Å². The molecule has 4 saturated carbocycles. The average molecular weight is 408 g/mol. The third kappa shape index (κ3) is 1.63. The van der Waals surface area contributed by atoms with Gasteiger partial charge in [0.05, 0.1) is 30.5 Å². The first-order chi connectivity index (χ1) is 13.6. The molecular weight excluding hydrogens is 374 g/mol. The summed E-state index contributed by atoms with van der Waals surface area (Å²) in [7, 11) is 1.58. The normalized spacial score (nSPS) is 67.1. The summed E-state index contributed by atoms with van der Waals surface area (Å²) >= 11 is 0.